The van der Waals surface area contributed by atoms with Crippen LogP contribution in [0.5, 0.6) is 0 Å². The van der Waals surface area contributed by atoms with Gasteiger partial charge in [0, 0.05) is 33.1 Å². The van der Waals surface area contributed by atoms with Crippen LogP contribution in [-0.4, -0.2) is 42.5 Å². The number of benzene rings is 1. The van der Waals surface area contributed by atoms with Crippen molar-refractivity contribution in [3.63, 3.8) is 0 Å². The molecule has 0 aliphatic rings. The molecule has 0 spiro atoms. The van der Waals surface area contributed by atoms with Gasteiger partial charge in [-0.2, -0.15) is 8.42 Å². The maximum Gasteiger partial charge on any atom is 0.295 e. The molecule has 0 amide bonds. The van der Waals surface area contributed by atoms with E-state index in [-0.39, 0.29) is 34.5 Å². The van der Waals surface area contributed by atoms with Crippen LogP contribution in [0.4, 0.5) is 0 Å². The first-order chi connectivity index (χ1) is 5.41. The topological polar surface area (TPSA) is 54.4 Å². The Morgan fingerprint density at radius 3 is 2.31 bits per heavy atom. The summed E-state index contributed by atoms with van der Waals surface area (Å²) in [6.45, 7) is 1.77. The van der Waals surface area contributed by atoms with Crippen LogP contribution in [0.15, 0.2) is 23.1 Å². The van der Waals surface area contributed by atoms with E-state index >= 15 is 0 Å². The fourth-order valence-corrected chi connectivity index (χ4v) is 2.63. The Bertz CT molecular complexity index is 402. The third-order valence-corrected chi connectivity index (χ3v) is 3.56. The van der Waals surface area contributed by atoms with Gasteiger partial charge in [-0.3, -0.25) is 4.55 Å². The SMILES string of the molecule is Cc1ccc(I)c(S(=O)(=O)O)c1.[Na]. The van der Waals surface area contributed by atoms with E-state index in [1.807, 2.05) is 22.6 Å². The van der Waals surface area contributed by atoms with Crippen LogP contribution in [-0.2, 0) is 10.1 Å². The van der Waals surface area contributed by atoms with Gasteiger partial charge in [-0.05, 0) is 47.2 Å². The van der Waals surface area contributed by atoms with E-state index in [0.717, 1.165) is 5.56 Å². The van der Waals surface area contributed by atoms with Gasteiger partial charge in [0.25, 0.3) is 10.1 Å². The van der Waals surface area contributed by atoms with Crippen LogP contribution < -0.4 is 0 Å². The van der Waals surface area contributed by atoms with Crippen molar-refractivity contribution in [1.82, 2.24) is 0 Å². The molecule has 3 nitrogen and oxygen atoms in total. The van der Waals surface area contributed by atoms with Gasteiger partial charge in [0.1, 0.15) is 4.90 Å². The Labute approximate surface area is 113 Å². The molecule has 13 heavy (non-hydrogen) atoms. The molecule has 1 aromatic rings. The fourth-order valence-electron chi connectivity index (χ4n) is 0.808. The van der Waals surface area contributed by atoms with Crippen molar-refractivity contribution in [2.45, 2.75) is 11.8 Å². The van der Waals surface area contributed by atoms with E-state index in [4.69, 9.17) is 4.55 Å². The summed E-state index contributed by atoms with van der Waals surface area (Å²) in [6, 6.07) is 4.88. The summed E-state index contributed by atoms with van der Waals surface area (Å²) in [5, 5.41) is 0. The Hall–Kier alpha value is 0.860. The van der Waals surface area contributed by atoms with Crippen LogP contribution in [0.2, 0.25) is 0 Å². The predicted octanol–water partition coefficient (Wildman–Crippen LogP) is 1.47. The van der Waals surface area contributed by atoms with Gasteiger partial charge in [0.05, 0.1) is 0 Å². The van der Waals surface area contributed by atoms with Gasteiger partial charge in [-0.1, -0.05) is 6.07 Å². The zero-order chi connectivity index (χ0) is 9.35. The largest absolute Gasteiger partial charge is 0.295 e. The van der Waals surface area contributed by atoms with Crippen molar-refractivity contribution >= 4 is 62.3 Å². The fraction of sp³-hybridized carbons (Fsp3) is 0.143. The average Bonchev–Trinajstić information content (AvgIpc) is 1.92. The summed E-state index contributed by atoms with van der Waals surface area (Å²) in [5.74, 6) is 0. The predicted molar refractivity (Wildman–Crippen MR) is 59.5 cm³/mol. The molecule has 0 saturated heterocycles. The molecule has 0 fully saturated rings. The molecule has 0 aliphatic heterocycles. The first-order valence-corrected chi connectivity index (χ1v) is 5.67. The van der Waals surface area contributed by atoms with Crippen molar-refractivity contribution in [1.29, 1.82) is 0 Å². The van der Waals surface area contributed by atoms with Crippen molar-refractivity contribution in [2.24, 2.45) is 0 Å². The molecular formula is C7H7INaO3S. The second-order valence-electron chi connectivity index (χ2n) is 2.41. The molecular weight excluding hydrogens is 314 g/mol. The van der Waals surface area contributed by atoms with Gasteiger partial charge in [0.15, 0.2) is 0 Å². The Kier molecular flexibility index (Phi) is 5.42. The summed E-state index contributed by atoms with van der Waals surface area (Å²) >= 11 is 1.86. The molecule has 67 valence electrons. The van der Waals surface area contributed by atoms with Gasteiger partial charge in [-0.15, -0.1) is 0 Å². The molecule has 1 rings (SSSR count). The number of aryl methyl sites for hydroxylation is 1. The normalized spacial score (nSPS) is 10.7. The molecule has 0 aliphatic carbocycles. The summed E-state index contributed by atoms with van der Waals surface area (Å²) in [7, 11) is -4.06. The molecule has 0 atom stereocenters. The van der Waals surface area contributed by atoms with E-state index in [9.17, 15) is 8.42 Å². The van der Waals surface area contributed by atoms with Crippen molar-refractivity contribution in [3.8, 4) is 0 Å². The summed E-state index contributed by atoms with van der Waals surface area (Å²) < 4.78 is 30.8. The molecule has 1 N–H and O–H groups in total. The van der Waals surface area contributed by atoms with Gasteiger partial charge in [0.2, 0.25) is 0 Å². The minimum absolute atomic E-state index is 0. The quantitative estimate of drug-likeness (QED) is 0.484. The van der Waals surface area contributed by atoms with Crippen LogP contribution >= 0.6 is 22.6 Å². The first kappa shape index (κ1) is 13.9. The smallest absolute Gasteiger partial charge is 0.282 e. The summed E-state index contributed by atoms with van der Waals surface area (Å²) in [4.78, 5) is -0.0249. The first-order valence-electron chi connectivity index (χ1n) is 3.15. The third kappa shape index (κ3) is 3.85. The second-order valence-corrected chi connectivity index (χ2v) is 4.96. The zero-order valence-electron chi connectivity index (χ0n) is 7.28. The molecule has 1 aromatic carbocycles. The van der Waals surface area contributed by atoms with Gasteiger partial charge in [-0.25, -0.2) is 0 Å². The number of hydrogen-bond donors (Lipinski definition) is 1. The second kappa shape index (κ2) is 5.09. The molecule has 1 radical (unpaired) electrons. The standard InChI is InChI=1S/C7H7IO3S.Na/c1-5-2-3-6(8)7(4-5)12(9,10)11;/h2-4H,1H3,(H,9,10,11);. The van der Waals surface area contributed by atoms with E-state index < -0.39 is 10.1 Å². The van der Waals surface area contributed by atoms with Crippen LogP contribution in [0.25, 0.3) is 0 Å². The maximum atomic E-state index is 10.8. The van der Waals surface area contributed by atoms with Crippen molar-refractivity contribution in [3.05, 3.63) is 27.3 Å². The summed E-state index contributed by atoms with van der Waals surface area (Å²) in [5.41, 5.74) is 0.808. The zero-order valence-corrected chi connectivity index (χ0v) is 12.3. The monoisotopic (exact) mass is 321 g/mol. The van der Waals surface area contributed by atoms with E-state index in [1.165, 1.54) is 6.07 Å². The van der Waals surface area contributed by atoms with Crippen molar-refractivity contribution < 1.29 is 13.0 Å². The van der Waals surface area contributed by atoms with E-state index in [1.54, 1.807) is 19.1 Å². The Morgan fingerprint density at radius 1 is 1.38 bits per heavy atom. The average molecular weight is 321 g/mol. The number of hydrogen-bond acceptors (Lipinski definition) is 2. The van der Waals surface area contributed by atoms with Gasteiger partial charge < -0.3 is 0 Å². The summed E-state index contributed by atoms with van der Waals surface area (Å²) in [6.07, 6.45) is 0. The van der Waals surface area contributed by atoms with Crippen molar-refractivity contribution in [2.75, 3.05) is 0 Å². The molecule has 0 bridgehead atoms. The van der Waals surface area contributed by atoms with E-state index in [0.29, 0.717) is 3.57 Å². The molecule has 0 unspecified atom stereocenters. The Morgan fingerprint density at radius 2 is 1.92 bits per heavy atom. The molecule has 0 saturated carbocycles. The number of rotatable bonds is 1. The maximum absolute atomic E-state index is 10.8. The van der Waals surface area contributed by atoms with E-state index in [2.05, 4.69) is 0 Å². The molecule has 6 heteroatoms. The van der Waals surface area contributed by atoms with Gasteiger partial charge >= 0.3 is 0 Å². The minimum Gasteiger partial charge on any atom is -0.282 e. The minimum atomic E-state index is -4.06. The van der Waals surface area contributed by atoms with Crippen LogP contribution in [0.3, 0.4) is 0 Å². The molecule has 0 aromatic heterocycles. The third-order valence-electron chi connectivity index (χ3n) is 1.36. The Balaban J connectivity index is 0.00000144. The van der Waals surface area contributed by atoms with Crippen LogP contribution in [0.1, 0.15) is 5.56 Å². The molecule has 0 heterocycles. The van der Waals surface area contributed by atoms with Crippen LogP contribution in [0, 0.1) is 10.5 Å². The number of halogens is 1.